The number of urea groups is 1. The number of pyridine rings is 1. The fourth-order valence-electron chi connectivity index (χ4n) is 4.42. The van der Waals surface area contributed by atoms with Crippen LogP contribution < -0.4 is 5.32 Å². The lowest BCUT2D eigenvalue weighted by Gasteiger charge is -2.45. The third-order valence-electron chi connectivity index (χ3n) is 6.25. The molecule has 1 fully saturated rings. The first-order valence-electron chi connectivity index (χ1n) is 10.5. The molecule has 0 saturated carbocycles. The van der Waals surface area contributed by atoms with Crippen molar-refractivity contribution in [1.29, 1.82) is 0 Å². The van der Waals surface area contributed by atoms with Gasteiger partial charge in [0.1, 0.15) is 5.69 Å². The first kappa shape index (κ1) is 20.3. The Morgan fingerprint density at radius 3 is 2.67 bits per heavy atom. The number of H-pyrrole nitrogens is 1. The van der Waals surface area contributed by atoms with E-state index in [9.17, 15) is 9.59 Å². The van der Waals surface area contributed by atoms with Gasteiger partial charge in [0.25, 0.3) is 5.91 Å². The van der Waals surface area contributed by atoms with Gasteiger partial charge in [0, 0.05) is 36.9 Å². The Morgan fingerprint density at radius 1 is 1.17 bits per heavy atom. The summed E-state index contributed by atoms with van der Waals surface area (Å²) in [6, 6.07) is 5.56. The van der Waals surface area contributed by atoms with Gasteiger partial charge in [-0.2, -0.15) is 5.10 Å². The molecule has 0 aromatic carbocycles. The van der Waals surface area contributed by atoms with Crippen molar-refractivity contribution in [2.45, 2.75) is 52.4 Å². The minimum absolute atomic E-state index is 0.0317. The Balaban J connectivity index is 1.48. The number of anilines is 1. The predicted molar refractivity (Wildman–Crippen MR) is 113 cm³/mol. The lowest BCUT2D eigenvalue weighted by molar-refractivity contribution is 0.0480. The van der Waals surface area contributed by atoms with Crippen LogP contribution in [0, 0.1) is 0 Å². The summed E-state index contributed by atoms with van der Waals surface area (Å²) in [5.41, 5.74) is 2.05. The van der Waals surface area contributed by atoms with E-state index in [-0.39, 0.29) is 24.0 Å². The zero-order valence-electron chi connectivity index (χ0n) is 17.9. The largest absolute Gasteiger partial charge is 0.321 e. The Kier molecular flexibility index (Phi) is 5.46. The number of likely N-dealkylation sites (N-methyl/N-ethyl adjacent to an activating group) is 1. The molecule has 30 heavy (non-hydrogen) atoms. The van der Waals surface area contributed by atoms with Gasteiger partial charge in [0.05, 0.1) is 18.3 Å². The molecule has 9 nitrogen and oxygen atoms in total. The van der Waals surface area contributed by atoms with E-state index in [1.54, 1.807) is 24.4 Å². The highest BCUT2D eigenvalue weighted by atomic mass is 16.2. The summed E-state index contributed by atoms with van der Waals surface area (Å²) >= 11 is 0. The zero-order chi connectivity index (χ0) is 21.4. The van der Waals surface area contributed by atoms with Crippen LogP contribution >= 0.6 is 0 Å². The summed E-state index contributed by atoms with van der Waals surface area (Å²) in [6.45, 7) is 11.4. The zero-order valence-corrected chi connectivity index (χ0v) is 17.9. The molecule has 1 unspecified atom stereocenters. The summed E-state index contributed by atoms with van der Waals surface area (Å²) < 4.78 is 0. The molecule has 2 aliphatic heterocycles. The molecule has 2 N–H and O–H groups in total. The van der Waals surface area contributed by atoms with Gasteiger partial charge in [-0.05, 0) is 39.4 Å². The molecule has 9 heteroatoms. The highest BCUT2D eigenvalue weighted by Crippen LogP contribution is 2.37. The van der Waals surface area contributed by atoms with Crippen LogP contribution in [0.25, 0.3) is 0 Å². The molecular weight excluding hydrogens is 382 g/mol. The van der Waals surface area contributed by atoms with Crippen LogP contribution in [0.5, 0.6) is 0 Å². The average molecular weight is 412 g/mol. The Morgan fingerprint density at radius 2 is 1.97 bits per heavy atom. The van der Waals surface area contributed by atoms with Gasteiger partial charge in [-0.25, -0.2) is 4.79 Å². The molecular formula is C21H29N7O2. The molecule has 0 radical (unpaired) electrons. The van der Waals surface area contributed by atoms with Crippen LogP contribution in [-0.4, -0.2) is 73.5 Å². The van der Waals surface area contributed by atoms with Crippen molar-refractivity contribution < 1.29 is 9.59 Å². The topological polar surface area (TPSA) is 97.5 Å². The number of fused-ring (bicyclic) bond motifs is 1. The third-order valence-corrected chi connectivity index (χ3v) is 6.25. The van der Waals surface area contributed by atoms with Crippen molar-refractivity contribution >= 4 is 17.8 Å². The smallest absolute Gasteiger partial charge is 0.319 e. The maximum Gasteiger partial charge on any atom is 0.321 e. The Bertz CT molecular complexity index is 929. The molecule has 2 aliphatic rings. The summed E-state index contributed by atoms with van der Waals surface area (Å²) in [5.74, 6) is 0.139. The lowest BCUT2D eigenvalue weighted by Crippen LogP contribution is -2.60. The lowest BCUT2D eigenvalue weighted by atomic mass is 10.1. The SMILES string of the molecule is CCN1C[C@H](C)N(C(=O)N2Cc3c(NC(=O)c4ccccn4)n[nH]c3C2C)C[C@H]1C. The van der Waals surface area contributed by atoms with Crippen molar-refractivity contribution in [2.75, 3.05) is 25.0 Å². The number of amides is 3. The van der Waals surface area contributed by atoms with E-state index >= 15 is 0 Å². The van der Waals surface area contributed by atoms with Gasteiger partial charge >= 0.3 is 6.03 Å². The summed E-state index contributed by atoms with van der Waals surface area (Å²) in [5, 5.41) is 10.1. The van der Waals surface area contributed by atoms with Gasteiger partial charge < -0.3 is 15.1 Å². The quantitative estimate of drug-likeness (QED) is 0.809. The minimum Gasteiger partial charge on any atom is -0.319 e. The molecule has 0 aliphatic carbocycles. The fourth-order valence-corrected chi connectivity index (χ4v) is 4.42. The van der Waals surface area contributed by atoms with Crippen LogP contribution in [-0.2, 0) is 6.54 Å². The maximum absolute atomic E-state index is 13.4. The Hall–Kier alpha value is -2.94. The number of carbonyl (C=O) groups excluding carboxylic acids is 2. The number of hydrogen-bond donors (Lipinski definition) is 2. The van der Waals surface area contributed by atoms with Crippen molar-refractivity contribution in [1.82, 2.24) is 29.9 Å². The van der Waals surface area contributed by atoms with E-state index in [0.717, 1.165) is 24.3 Å². The van der Waals surface area contributed by atoms with Crippen LogP contribution in [0.1, 0.15) is 55.5 Å². The molecule has 0 spiro atoms. The van der Waals surface area contributed by atoms with E-state index in [1.165, 1.54) is 0 Å². The summed E-state index contributed by atoms with van der Waals surface area (Å²) in [4.78, 5) is 36.2. The van der Waals surface area contributed by atoms with E-state index in [0.29, 0.717) is 30.6 Å². The standard InChI is InChI=1S/C21H29N7O2/c1-5-26-10-14(3)27(11-13(26)2)21(30)28-12-16-18(15(28)4)24-25-19(16)23-20(29)17-8-6-7-9-22-17/h6-9,13-15H,5,10-12H2,1-4H3,(H2,23,24,25,29)/t13-,14+,15?/m1/s1. The molecule has 4 rings (SSSR count). The van der Waals surface area contributed by atoms with E-state index in [4.69, 9.17) is 0 Å². The molecule has 3 amide bonds. The van der Waals surface area contributed by atoms with E-state index < -0.39 is 0 Å². The normalized spacial score (nSPS) is 24.1. The predicted octanol–water partition coefficient (Wildman–Crippen LogP) is 2.47. The molecule has 160 valence electrons. The van der Waals surface area contributed by atoms with Gasteiger partial charge in [-0.1, -0.05) is 13.0 Å². The second kappa shape index (κ2) is 8.06. The molecule has 2 aromatic rings. The second-order valence-corrected chi connectivity index (χ2v) is 8.16. The minimum atomic E-state index is -0.319. The number of carbonyl (C=O) groups is 2. The first-order chi connectivity index (χ1) is 14.4. The van der Waals surface area contributed by atoms with E-state index in [2.05, 4.69) is 46.2 Å². The van der Waals surface area contributed by atoms with Crippen LogP contribution in [0.3, 0.4) is 0 Å². The van der Waals surface area contributed by atoms with Crippen molar-refractivity contribution in [3.8, 4) is 0 Å². The number of rotatable bonds is 3. The highest BCUT2D eigenvalue weighted by molar-refractivity contribution is 6.02. The number of aromatic amines is 1. The average Bonchev–Trinajstić information content (AvgIpc) is 3.29. The van der Waals surface area contributed by atoms with Crippen molar-refractivity contribution in [2.24, 2.45) is 0 Å². The van der Waals surface area contributed by atoms with Crippen LogP contribution in [0.2, 0.25) is 0 Å². The third kappa shape index (κ3) is 3.54. The highest BCUT2D eigenvalue weighted by Gasteiger charge is 2.40. The fraction of sp³-hybridized carbons (Fsp3) is 0.524. The maximum atomic E-state index is 13.4. The number of aromatic nitrogens is 3. The number of piperazine rings is 1. The van der Waals surface area contributed by atoms with Gasteiger partial charge in [-0.15, -0.1) is 0 Å². The number of nitrogens with zero attached hydrogens (tertiary/aromatic N) is 5. The van der Waals surface area contributed by atoms with Crippen LogP contribution in [0.4, 0.5) is 10.6 Å². The monoisotopic (exact) mass is 411 g/mol. The van der Waals surface area contributed by atoms with Crippen LogP contribution in [0.15, 0.2) is 24.4 Å². The molecule has 1 saturated heterocycles. The molecule has 3 atom stereocenters. The number of hydrogen-bond acceptors (Lipinski definition) is 5. The van der Waals surface area contributed by atoms with Crippen molar-refractivity contribution in [3.05, 3.63) is 41.3 Å². The number of nitrogens with one attached hydrogen (secondary N) is 2. The molecule has 2 aromatic heterocycles. The van der Waals surface area contributed by atoms with E-state index in [1.807, 2.05) is 16.7 Å². The summed E-state index contributed by atoms with van der Waals surface area (Å²) in [7, 11) is 0. The van der Waals surface area contributed by atoms with Crippen molar-refractivity contribution in [3.63, 3.8) is 0 Å². The van der Waals surface area contributed by atoms with Gasteiger partial charge in [-0.3, -0.25) is 19.8 Å². The second-order valence-electron chi connectivity index (χ2n) is 8.16. The summed E-state index contributed by atoms with van der Waals surface area (Å²) in [6.07, 6.45) is 1.58. The Labute approximate surface area is 176 Å². The first-order valence-corrected chi connectivity index (χ1v) is 10.5. The van der Waals surface area contributed by atoms with Gasteiger partial charge in [0.2, 0.25) is 0 Å². The molecule has 0 bridgehead atoms. The molecule has 4 heterocycles. The van der Waals surface area contributed by atoms with Gasteiger partial charge in [0.15, 0.2) is 5.82 Å².